The van der Waals surface area contributed by atoms with E-state index in [-0.39, 0.29) is 0 Å². The van der Waals surface area contributed by atoms with E-state index in [0.717, 1.165) is 47.3 Å². The van der Waals surface area contributed by atoms with E-state index < -0.39 is 0 Å². The van der Waals surface area contributed by atoms with Gasteiger partial charge >= 0.3 is 0 Å². The zero-order valence-electron chi connectivity index (χ0n) is 10.7. The van der Waals surface area contributed by atoms with E-state index >= 15 is 0 Å². The lowest BCUT2D eigenvalue weighted by molar-refractivity contribution is 0.120. The number of nitrogens with one attached hydrogen (secondary N) is 1. The fraction of sp³-hybridized carbons (Fsp3) is 0.500. The van der Waals surface area contributed by atoms with Crippen LogP contribution in [0, 0.1) is 6.92 Å². The van der Waals surface area contributed by atoms with Gasteiger partial charge in [-0.1, -0.05) is 0 Å². The second-order valence-electron chi connectivity index (χ2n) is 4.54. The van der Waals surface area contributed by atoms with Gasteiger partial charge in [-0.2, -0.15) is 4.37 Å². The Morgan fingerprint density at radius 3 is 3.16 bits per heavy atom. The highest BCUT2D eigenvalue weighted by Crippen LogP contribution is 2.37. The normalized spacial score (nSPS) is 18.9. The van der Waals surface area contributed by atoms with Gasteiger partial charge in [-0.3, -0.25) is 0 Å². The molecule has 0 radical (unpaired) electrons. The highest BCUT2D eigenvalue weighted by Gasteiger charge is 2.19. The van der Waals surface area contributed by atoms with E-state index in [1.165, 1.54) is 11.5 Å². The van der Waals surface area contributed by atoms with Crippen LogP contribution in [-0.4, -0.2) is 28.6 Å². The second-order valence-corrected chi connectivity index (χ2v) is 6.38. The molecule has 0 amide bonds. The molecule has 0 saturated carbocycles. The molecule has 1 saturated heterocycles. The minimum atomic E-state index is 0.299. The third-order valence-electron chi connectivity index (χ3n) is 3.11. The number of thiazole rings is 1. The number of ether oxygens (including phenoxy) is 1. The van der Waals surface area contributed by atoms with E-state index in [9.17, 15) is 0 Å². The van der Waals surface area contributed by atoms with E-state index in [2.05, 4.69) is 14.7 Å². The van der Waals surface area contributed by atoms with Crippen molar-refractivity contribution in [3.8, 4) is 11.3 Å². The van der Waals surface area contributed by atoms with E-state index in [0.29, 0.717) is 11.9 Å². The van der Waals surface area contributed by atoms with Crippen LogP contribution < -0.4 is 11.1 Å². The molecule has 0 bridgehead atoms. The molecule has 2 aromatic heterocycles. The van der Waals surface area contributed by atoms with E-state index in [1.54, 1.807) is 11.3 Å². The number of nitrogens with zero attached hydrogens (tertiary/aromatic N) is 2. The quantitative estimate of drug-likeness (QED) is 0.907. The van der Waals surface area contributed by atoms with Crippen LogP contribution in [0.3, 0.4) is 0 Å². The Morgan fingerprint density at radius 2 is 2.47 bits per heavy atom. The Bertz CT molecular complexity index is 560. The molecule has 0 spiro atoms. The highest BCUT2D eigenvalue weighted by atomic mass is 32.1. The maximum Gasteiger partial charge on any atom is 0.148 e. The summed E-state index contributed by atoms with van der Waals surface area (Å²) in [6.07, 6.45) is 2.57. The smallest absolute Gasteiger partial charge is 0.148 e. The van der Waals surface area contributed by atoms with E-state index in [4.69, 9.17) is 10.5 Å². The first-order valence-corrected chi connectivity index (χ1v) is 7.92. The van der Waals surface area contributed by atoms with Crippen molar-refractivity contribution in [1.29, 1.82) is 0 Å². The topological polar surface area (TPSA) is 73.1 Å². The molecule has 3 rings (SSSR count). The number of nitrogens with two attached hydrogens (primary N) is 1. The Kier molecular flexibility index (Phi) is 3.67. The van der Waals surface area contributed by atoms with Crippen LogP contribution in [-0.2, 0) is 4.74 Å². The SMILES string of the molecule is Cc1nc(-c2c(N)nsc2NCC2CCCO2)cs1. The summed E-state index contributed by atoms with van der Waals surface area (Å²) in [5.41, 5.74) is 7.79. The molecule has 0 aromatic carbocycles. The Labute approximate surface area is 120 Å². The summed E-state index contributed by atoms with van der Waals surface area (Å²) >= 11 is 3.01. The van der Waals surface area contributed by atoms with Gasteiger partial charge in [0.2, 0.25) is 0 Å². The standard InChI is InChI=1S/C12H16N4OS2/c1-7-15-9(6-18-7)10-11(13)16-19-12(10)14-5-8-3-2-4-17-8/h6,8,14H,2-5H2,1H3,(H2,13,16). The van der Waals surface area contributed by atoms with Crippen molar-refractivity contribution < 1.29 is 4.74 Å². The van der Waals surface area contributed by atoms with Crippen molar-refractivity contribution >= 4 is 33.7 Å². The Morgan fingerprint density at radius 1 is 1.58 bits per heavy atom. The molecule has 0 aliphatic carbocycles. The number of hydrogen-bond acceptors (Lipinski definition) is 7. The van der Waals surface area contributed by atoms with Gasteiger partial charge < -0.3 is 15.8 Å². The van der Waals surface area contributed by atoms with Gasteiger partial charge in [0.05, 0.1) is 22.4 Å². The lowest BCUT2D eigenvalue weighted by atomic mass is 10.2. The summed E-state index contributed by atoms with van der Waals surface area (Å²) in [5, 5.41) is 7.44. The fourth-order valence-corrected chi connectivity index (χ4v) is 3.49. The molecule has 1 fully saturated rings. The summed E-state index contributed by atoms with van der Waals surface area (Å²) in [6, 6.07) is 0. The van der Waals surface area contributed by atoms with Crippen molar-refractivity contribution in [2.45, 2.75) is 25.9 Å². The molecule has 19 heavy (non-hydrogen) atoms. The fourth-order valence-electron chi connectivity index (χ4n) is 2.16. The summed E-state index contributed by atoms with van der Waals surface area (Å²) in [6.45, 7) is 3.66. The molecule has 1 aliphatic heterocycles. The first-order valence-electron chi connectivity index (χ1n) is 6.27. The van der Waals surface area contributed by atoms with Gasteiger partial charge in [0, 0.05) is 18.5 Å². The van der Waals surface area contributed by atoms with Gasteiger partial charge in [0.1, 0.15) is 10.8 Å². The van der Waals surface area contributed by atoms with Gasteiger partial charge in [-0.25, -0.2) is 4.98 Å². The van der Waals surface area contributed by atoms with Crippen LogP contribution in [0.2, 0.25) is 0 Å². The summed E-state index contributed by atoms with van der Waals surface area (Å²) in [7, 11) is 0. The Hall–Kier alpha value is -1.18. The zero-order valence-corrected chi connectivity index (χ0v) is 12.3. The molecule has 3 N–H and O–H groups in total. The number of anilines is 2. The van der Waals surface area contributed by atoms with Crippen molar-refractivity contribution in [1.82, 2.24) is 9.36 Å². The van der Waals surface area contributed by atoms with Crippen LogP contribution >= 0.6 is 22.9 Å². The zero-order chi connectivity index (χ0) is 13.2. The highest BCUT2D eigenvalue weighted by molar-refractivity contribution is 7.11. The summed E-state index contributed by atoms with van der Waals surface area (Å²) in [4.78, 5) is 4.49. The number of nitrogen functional groups attached to an aromatic ring is 1. The van der Waals surface area contributed by atoms with Crippen molar-refractivity contribution in [3.63, 3.8) is 0 Å². The maximum absolute atomic E-state index is 5.96. The molecule has 1 aliphatic rings. The van der Waals surface area contributed by atoms with E-state index in [1.807, 2.05) is 12.3 Å². The molecular formula is C12H16N4OS2. The minimum absolute atomic E-state index is 0.299. The van der Waals surface area contributed by atoms with Crippen molar-refractivity contribution in [3.05, 3.63) is 10.4 Å². The molecule has 1 unspecified atom stereocenters. The van der Waals surface area contributed by atoms with Gasteiger partial charge in [-0.05, 0) is 31.3 Å². The van der Waals surface area contributed by atoms with Crippen molar-refractivity contribution in [2.24, 2.45) is 0 Å². The summed E-state index contributed by atoms with van der Waals surface area (Å²) in [5.74, 6) is 0.546. The first-order chi connectivity index (χ1) is 9.24. The lowest BCUT2D eigenvalue weighted by Gasteiger charge is -2.11. The van der Waals surface area contributed by atoms with Crippen LogP contribution in [0.15, 0.2) is 5.38 Å². The molecule has 3 heterocycles. The third-order valence-corrected chi connectivity index (χ3v) is 4.70. The molecular weight excluding hydrogens is 280 g/mol. The predicted octanol–water partition coefficient (Wildman–Crippen LogP) is 2.75. The third kappa shape index (κ3) is 2.72. The average molecular weight is 296 g/mol. The lowest BCUT2D eigenvalue weighted by Crippen LogP contribution is -2.18. The van der Waals surface area contributed by atoms with Crippen LogP contribution in [0.1, 0.15) is 17.8 Å². The van der Waals surface area contributed by atoms with Crippen LogP contribution in [0.4, 0.5) is 10.8 Å². The van der Waals surface area contributed by atoms with Crippen LogP contribution in [0.25, 0.3) is 11.3 Å². The average Bonchev–Trinajstić information content (AvgIpc) is 3.08. The van der Waals surface area contributed by atoms with Crippen LogP contribution in [0.5, 0.6) is 0 Å². The molecule has 5 nitrogen and oxygen atoms in total. The summed E-state index contributed by atoms with van der Waals surface area (Å²) < 4.78 is 9.84. The molecule has 7 heteroatoms. The number of aromatic nitrogens is 2. The van der Waals surface area contributed by atoms with Gasteiger partial charge in [-0.15, -0.1) is 11.3 Å². The second kappa shape index (κ2) is 5.44. The first kappa shape index (κ1) is 12.8. The molecule has 1 atom stereocenters. The number of aryl methyl sites for hydroxylation is 1. The monoisotopic (exact) mass is 296 g/mol. The van der Waals surface area contributed by atoms with Gasteiger partial charge in [0.25, 0.3) is 0 Å². The minimum Gasteiger partial charge on any atom is -0.382 e. The molecule has 102 valence electrons. The predicted molar refractivity (Wildman–Crippen MR) is 79.8 cm³/mol. The number of hydrogen-bond donors (Lipinski definition) is 2. The molecule has 2 aromatic rings. The largest absolute Gasteiger partial charge is 0.382 e. The Balaban J connectivity index is 1.78. The van der Waals surface area contributed by atoms with Crippen molar-refractivity contribution in [2.75, 3.05) is 24.2 Å². The van der Waals surface area contributed by atoms with Gasteiger partial charge in [0.15, 0.2) is 0 Å². The maximum atomic E-state index is 5.96. The number of rotatable bonds is 4.